The lowest BCUT2D eigenvalue weighted by molar-refractivity contribution is 0.0912. The summed E-state index contributed by atoms with van der Waals surface area (Å²) >= 11 is 3.39. The van der Waals surface area contributed by atoms with Gasteiger partial charge in [0.2, 0.25) is 0 Å². The van der Waals surface area contributed by atoms with Crippen molar-refractivity contribution in [1.29, 1.82) is 0 Å². The van der Waals surface area contributed by atoms with Gasteiger partial charge in [-0.1, -0.05) is 0 Å². The highest BCUT2D eigenvalue weighted by atomic mass is 79.9. The molecule has 0 bridgehead atoms. The number of aromatic nitrogens is 1. The Morgan fingerprint density at radius 1 is 1.44 bits per heavy atom. The van der Waals surface area contributed by atoms with Crippen LogP contribution in [0.1, 0.15) is 50.6 Å². The zero-order valence-corrected chi connectivity index (χ0v) is 12.9. The van der Waals surface area contributed by atoms with Crippen LogP contribution in [0, 0.1) is 0 Å². The van der Waals surface area contributed by atoms with Crippen molar-refractivity contribution in [3.63, 3.8) is 0 Å². The average Bonchev–Trinajstić information content (AvgIpc) is 2.58. The van der Waals surface area contributed by atoms with Gasteiger partial charge in [0.1, 0.15) is 5.69 Å². The summed E-state index contributed by atoms with van der Waals surface area (Å²) in [5, 5.41) is 12.2. The number of carbonyl (C=O) groups excluding carboxylic acids is 1. The summed E-state index contributed by atoms with van der Waals surface area (Å²) in [7, 11) is 0. The third-order valence-electron chi connectivity index (χ3n) is 2.68. The Labute approximate surface area is 117 Å². The van der Waals surface area contributed by atoms with Crippen molar-refractivity contribution in [2.75, 3.05) is 0 Å². The Hall–Kier alpha value is -0.810. The van der Waals surface area contributed by atoms with Gasteiger partial charge in [0, 0.05) is 22.8 Å². The molecule has 5 heteroatoms. The fourth-order valence-corrected chi connectivity index (χ4v) is 2.36. The van der Waals surface area contributed by atoms with Crippen LogP contribution in [0.25, 0.3) is 0 Å². The summed E-state index contributed by atoms with van der Waals surface area (Å²) in [6.07, 6.45) is 2.04. The second-order valence-electron chi connectivity index (χ2n) is 5.00. The van der Waals surface area contributed by atoms with E-state index in [1.54, 1.807) is 6.92 Å². The maximum absolute atomic E-state index is 12.1. The first-order chi connectivity index (χ1) is 8.31. The summed E-state index contributed by atoms with van der Waals surface area (Å²) in [5.74, 6) is -0.109. The molecular weight excluding hydrogens is 296 g/mol. The van der Waals surface area contributed by atoms with E-state index in [4.69, 9.17) is 0 Å². The van der Waals surface area contributed by atoms with E-state index in [-0.39, 0.29) is 18.0 Å². The first-order valence-corrected chi connectivity index (χ1v) is 6.96. The van der Waals surface area contributed by atoms with Gasteiger partial charge in [0.25, 0.3) is 5.91 Å². The van der Waals surface area contributed by atoms with Crippen molar-refractivity contribution < 1.29 is 9.90 Å². The second-order valence-corrected chi connectivity index (χ2v) is 5.92. The van der Waals surface area contributed by atoms with Gasteiger partial charge in [-0.3, -0.25) is 4.79 Å². The van der Waals surface area contributed by atoms with E-state index in [0.717, 1.165) is 4.47 Å². The molecule has 0 radical (unpaired) electrons. The zero-order valence-electron chi connectivity index (χ0n) is 11.3. The predicted molar refractivity (Wildman–Crippen MR) is 75.7 cm³/mol. The topological polar surface area (TPSA) is 54.3 Å². The number of nitrogens with zero attached hydrogens (tertiary/aromatic N) is 1. The van der Waals surface area contributed by atoms with Crippen LogP contribution in [0.15, 0.2) is 16.7 Å². The van der Waals surface area contributed by atoms with E-state index in [9.17, 15) is 9.90 Å². The largest absolute Gasteiger partial charge is 0.393 e. The summed E-state index contributed by atoms with van der Waals surface area (Å²) in [5.41, 5.74) is 0.634. The first-order valence-electron chi connectivity index (χ1n) is 6.17. The molecular formula is C13H21BrN2O2. The molecule has 1 aromatic rings. The molecule has 0 aromatic carbocycles. The summed E-state index contributed by atoms with van der Waals surface area (Å²) < 4.78 is 2.82. The van der Waals surface area contributed by atoms with E-state index in [1.807, 2.05) is 37.6 Å². The molecule has 102 valence electrons. The van der Waals surface area contributed by atoms with Gasteiger partial charge in [0.15, 0.2) is 0 Å². The lowest BCUT2D eigenvalue weighted by atomic mass is 10.1. The van der Waals surface area contributed by atoms with E-state index >= 15 is 0 Å². The predicted octanol–water partition coefficient (Wildman–Crippen LogP) is 2.72. The first kappa shape index (κ1) is 15.2. The molecule has 0 aliphatic carbocycles. The minimum absolute atomic E-state index is 0.0493. The zero-order chi connectivity index (χ0) is 13.9. The van der Waals surface area contributed by atoms with Crippen molar-refractivity contribution in [2.45, 2.75) is 52.3 Å². The van der Waals surface area contributed by atoms with E-state index in [1.165, 1.54) is 0 Å². The highest BCUT2D eigenvalue weighted by Gasteiger charge is 2.17. The Morgan fingerprint density at radius 2 is 2.06 bits per heavy atom. The number of hydrogen-bond acceptors (Lipinski definition) is 2. The second kappa shape index (κ2) is 6.38. The van der Waals surface area contributed by atoms with Crippen LogP contribution in [0.4, 0.5) is 0 Å². The standard InChI is InChI=1S/C13H21BrN2O2/c1-8(2)16-7-11(14)6-12(16)13(18)15-9(3)5-10(4)17/h6-10,17H,5H2,1-4H3,(H,15,18). The van der Waals surface area contributed by atoms with Gasteiger partial charge >= 0.3 is 0 Å². The van der Waals surface area contributed by atoms with E-state index < -0.39 is 6.10 Å². The fourth-order valence-electron chi connectivity index (χ4n) is 1.92. The Bertz CT molecular complexity index is 413. The molecule has 1 amide bonds. The monoisotopic (exact) mass is 316 g/mol. The smallest absolute Gasteiger partial charge is 0.268 e. The number of amides is 1. The number of nitrogens with one attached hydrogen (secondary N) is 1. The van der Waals surface area contributed by atoms with Gasteiger partial charge in [-0.2, -0.15) is 0 Å². The minimum Gasteiger partial charge on any atom is -0.393 e. The number of aliphatic hydroxyl groups is 1. The summed E-state index contributed by atoms with van der Waals surface area (Å²) in [6, 6.07) is 1.99. The highest BCUT2D eigenvalue weighted by molar-refractivity contribution is 9.10. The Balaban J connectivity index is 2.78. The van der Waals surface area contributed by atoms with Crippen molar-refractivity contribution in [1.82, 2.24) is 9.88 Å². The average molecular weight is 317 g/mol. The lowest BCUT2D eigenvalue weighted by Crippen LogP contribution is -2.35. The summed E-state index contributed by atoms with van der Waals surface area (Å²) in [4.78, 5) is 12.1. The van der Waals surface area contributed by atoms with Gasteiger partial charge < -0.3 is 15.0 Å². The number of carbonyl (C=O) groups is 1. The lowest BCUT2D eigenvalue weighted by Gasteiger charge is -2.17. The SMILES string of the molecule is CC(O)CC(C)NC(=O)c1cc(Br)cn1C(C)C. The third-order valence-corrected chi connectivity index (χ3v) is 3.11. The van der Waals surface area contributed by atoms with Crippen LogP contribution >= 0.6 is 15.9 Å². The molecule has 2 unspecified atom stereocenters. The third kappa shape index (κ3) is 4.14. The maximum Gasteiger partial charge on any atom is 0.268 e. The molecule has 2 atom stereocenters. The number of hydrogen-bond donors (Lipinski definition) is 2. The van der Waals surface area contributed by atoms with Crippen LogP contribution in [-0.4, -0.2) is 27.7 Å². The molecule has 0 saturated carbocycles. The van der Waals surface area contributed by atoms with Crippen LogP contribution in [0.3, 0.4) is 0 Å². The Morgan fingerprint density at radius 3 is 2.56 bits per heavy atom. The molecule has 0 fully saturated rings. The fraction of sp³-hybridized carbons (Fsp3) is 0.615. The van der Waals surface area contributed by atoms with Gasteiger partial charge in [-0.25, -0.2) is 0 Å². The summed E-state index contributed by atoms with van der Waals surface area (Å²) in [6.45, 7) is 7.67. The molecule has 4 nitrogen and oxygen atoms in total. The number of halogens is 1. The van der Waals surface area contributed by atoms with Crippen molar-refractivity contribution in [3.05, 3.63) is 22.4 Å². The molecule has 0 aliphatic rings. The molecule has 1 heterocycles. The van der Waals surface area contributed by atoms with E-state index in [0.29, 0.717) is 12.1 Å². The van der Waals surface area contributed by atoms with Gasteiger partial charge in [0.05, 0.1) is 6.10 Å². The van der Waals surface area contributed by atoms with Gasteiger partial charge in [-0.05, 0) is 56.1 Å². The molecule has 1 rings (SSSR count). The van der Waals surface area contributed by atoms with Crippen LogP contribution < -0.4 is 5.32 Å². The van der Waals surface area contributed by atoms with Crippen LogP contribution in [-0.2, 0) is 0 Å². The molecule has 18 heavy (non-hydrogen) atoms. The molecule has 0 aliphatic heterocycles. The Kier molecular flexibility index (Phi) is 5.41. The quantitative estimate of drug-likeness (QED) is 0.877. The van der Waals surface area contributed by atoms with Crippen molar-refractivity contribution in [3.8, 4) is 0 Å². The normalized spacial score (nSPS) is 14.6. The molecule has 0 spiro atoms. The maximum atomic E-state index is 12.1. The van der Waals surface area contributed by atoms with Crippen LogP contribution in [0.5, 0.6) is 0 Å². The van der Waals surface area contributed by atoms with Crippen LogP contribution in [0.2, 0.25) is 0 Å². The van der Waals surface area contributed by atoms with Gasteiger partial charge in [-0.15, -0.1) is 0 Å². The number of aliphatic hydroxyl groups excluding tert-OH is 1. The van der Waals surface area contributed by atoms with Crippen molar-refractivity contribution >= 4 is 21.8 Å². The van der Waals surface area contributed by atoms with Crippen molar-refractivity contribution in [2.24, 2.45) is 0 Å². The molecule has 0 saturated heterocycles. The number of rotatable bonds is 5. The molecule has 2 N–H and O–H groups in total. The highest BCUT2D eigenvalue weighted by Crippen LogP contribution is 2.19. The van der Waals surface area contributed by atoms with E-state index in [2.05, 4.69) is 21.2 Å². The minimum atomic E-state index is -0.413. The molecule has 1 aromatic heterocycles.